The second-order valence-corrected chi connectivity index (χ2v) is 8.41. The molecule has 2 aliphatic heterocycles. The maximum atomic E-state index is 12.5. The highest BCUT2D eigenvalue weighted by molar-refractivity contribution is 6.46. The minimum atomic E-state index is -0.540. The van der Waals surface area contributed by atoms with Crippen LogP contribution in [0, 0.1) is 0 Å². The Balaban J connectivity index is 1.32. The van der Waals surface area contributed by atoms with Crippen LogP contribution in [0.1, 0.15) is 43.7 Å². The van der Waals surface area contributed by atoms with Crippen molar-refractivity contribution >= 4 is 23.2 Å². The molecular weight excluding hydrogens is 376 g/mol. The topological polar surface area (TPSA) is 73.8 Å². The fourth-order valence-corrected chi connectivity index (χ4v) is 4.03. The zero-order valence-corrected chi connectivity index (χ0v) is 17.5. The predicted molar refractivity (Wildman–Crippen MR) is 119 cm³/mol. The van der Waals surface area contributed by atoms with Crippen LogP contribution in [-0.4, -0.2) is 47.7 Å². The Morgan fingerprint density at radius 3 is 2.40 bits per heavy atom. The lowest BCUT2D eigenvalue weighted by Crippen LogP contribution is -2.52. The van der Waals surface area contributed by atoms with E-state index in [0.717, 1.165) is 11.3 Å². The van der Waals surface area contributed by atoms with E-state index in [1.54, 1.807) is 0 Å². The molecule has 2 aliphatic rings. The lowest BCUT2D eigenvalue weighted by molar-refractivity contribution is -0.119. The molecule has 0 saturated carbocycles. The summed E-state index contributed by atoms with van der Waals surface area (Å²) in [5.41, 5.74) is 2.88. The molecule has 2 heterocycles. The number of piperidine rings is 1. The summed E-state index contributed by atoms with van der Waals surface area (Å²) in [6.45, 7) is 6.06. The van der Waals surface area contributed by atoms with Gasteiger partial charge in [-0.3, -0.25) is 19.5 Å². The standard InChI is InChI=1S/C24H28N4O2/c1-17(2)18-8-10-20(11-9-18)25-21(29)16-28-14-12-24(13-15-28)26-22(23(30)27-24)19-6-4-3-5-7-19/h3-11,17H,12-16H2,1-2H3,(H,25,29)(H,27,30). The number of benzene rings is 2. The first-order valence-corrected chi connectivity index (χ1v) is 10.5. The van der Waals surface area contributed by atoms with Crippen LogP contribution in [-0.2, 0) is 9.59 Å². The molecule has 0 radical (unpaired) electrons. The third kappa shape index (κ3) is 4.44. The first-order chi connectivity index (χ1) is 14.4. The molecule has 4 rings (SSSR count). The Labute approximate surface area is 177 Å². The van der Waals surface area contributed by atoms with Crippen LogP contribution in [0.4, 0.5) is 5.69 Å². The maximum Gasteiger partial charge on any atom is 0.272 e. The SMILES string of the molecule is CC(C)c1ccc(NC(=O)CN2CCC3(CC2)N=C(c2ccccc2)C(=O)N3)cc1. The third-order valence-electron chi connectivity index (χ3n) is 5.85. The normalized spacial score (nSPS) is 18.4. The minimum Gasteiger partial charge on any atom is -0.326 e. The van der Waals surface area contributed by atoms with Crippen molar-refractivity contribution in [2.75, 3.05) is 25.0 Å². The number of hydrogen-bond acceptors (Lipinski definition) is 4. The van der Waals surface area contributed by atoms with E-state index in [0.29, 0.717) is 44.1 Å². The number of rotatable bonds is 5. The van der Waals surface area contributed by atoms with Crippen molar-refractivity contribution in [3.8, 4) is 0 Å². The number of amides is 2. The fraction of sp³-hybridized carbons (Fsp3) is 0.375. The second kappa shape index (κ2) is 8.40. The molecule has 0 aliphatic carbocycles. The lowest BCUT2D eigenvalue weighted by atomic mass is 9.98. The smallest absolute Gasteiger partial charge is 0.272 e. The van der Waals surface area contributed by atoms with Crippen LogP contribution in [0.2, 0.25) is 0 Å². The molecule has 2 N–H and O–H groups in total. The van der Waals surface area contributed by atoms with E-state index < -0.39 is 5.66 Å². The Morgan fingerprint density at radius 1 is 1.10 bits per heavy atom. The molecule has 156 valence electrons. The number of carbonyl (C=O) groups excluding carboxylic acids is 2. The van der Waals surface area contributed by atoms with Gasteiger partial charge in [-0.1, -0.05) is 56.3 Å². The molecule has 6 heteroatoms. The summed E-state index contributed by atoms with van der Waals surface area (Å²) >= 11 is 0. The first kappa shape index (κ1) is 20.3. The molecule has 1 saturated heterocycles. The van der Waals surface area contributed by atoms with Gasteiger partial charge >= 0.3 is 0 Å². The van der Waals surface area contributed by atoms with Crippen molar-refractivity contribution in [3.63, 3.8) is 0 Å². The van der Waals surface area contributed by atoms with Gasteiger partial charge in [0, 0.05) is 37.2 Å². The van der Waals surface area contributed by atoms with E-state index in [2.05, 4.69) is 41.5 Å². The average molecular weight is 405 g/mol. The van der Waals surface area contributed by atoms with E-state index in [-0.39, 0.29) is 11.8 Å². The van der Waals surface area contributed by atoms with Gasteiger partial charge < -0.3 is 10.6 Å². The number of aliphatic imine (C=N–C) groups is 1. The van der Waals surface area contributed by atoms with E-state index in [1.165, 1.54) is 5.56 Å². The van der Waals surface area contributed by atoms with Gasteiger partial charge in [0.1, 0.15) is 11.4 Å². The molecule has 30 heavy (non-hydrogen) atoms. The van der Waals surface area contributed by atoms with Gasteiger partial charge in [0.2, 0.25) is 5.91 Å². The molecule has 2 amide bonds. The Kier molecular flexibility index (Phi) is 5.68. The van der Waals surface area contributed by atoms with E-state index in [9.17, 15) is 9.59 Å². The van der Waals surface area contributed by atoms with Crippen molar-refractivity contribution in [2.24, 2.45) is 4.99 Å². The van der Waals surface area contributed by atoms with E-state index >= 15 is 0 Å². The number of carbonyl (C=O) groups is 2. The molecule has 0 aromatic heterocycles. The van der Waals surface area contributed by atoms with Gasteiger partial charge in [-0.2, -0.15) is 0 Å². The van der Waals surface area contributed by atoms with Crippen LogP contribution in [0.5, 0.6) is 0 Å². The minimum absolute atomic E-state index is 0.0211. The summed E-state index contributed by atoms with van der Waals surface area (Å²) in [5.74, 6) is 0.334. The van der Waals surface area contributed by atoms with Crippen molar-refractivity contribution in [1.82, 2.24) is 10.2 Å². The quantitative estimate of drug-likeness (QED) is 0.804. The zero-order valence-electron chi connectivity index (χ0n) is 17.5. The highest BCUT2D eigenvalue weighted by Gasteiger charge is 2.42. The molecule has 2 aromatic rings. The van der Waals surface area contributed by atoms with Gasteiger partial charge in [-0.15, -0.1) is 0 Å². The number of nitrogens with zero attached hydrogens (tertiary/aromatic N) is 2. The van der Waals surface area contributed by atoms with Crippen LogP contribution in [0.3, 0.4) is 0 Å². The molecule has 6 nitrogen and oxygen atoms in total. The molecule has 0 unspecified atom stereocenters. The van der Waals surface area contributed by atoms with E-state index in [1.807, 2.05) is 42.5 Å². The van der Waals surface area contributed by atoms with Gasteiger partial charge in [-0.05, 0) is 23.6 Å². The first-order valence-electron chi connectivity index (χ1n) is 10.5. The van der Waals surface area contributed by atoms with Gasteiger partial charge in [0.05, 0.1) is 6.54 Å². The monoisotopic (exact) mass is 404 g/mol. The molecule has 0 atom stereocenters. The molecular formula is C24H28N4O2. The van der Waals surface area contributed by atoms with Crippen LogP contribution in [0.25, 0.3) is 0 Å². The van der Waals surface area contributed by atoms with Crippen LogP contribution in [0.15, 0.2) is 59.6 Å². The van der Waals surface area contributed by atoms with Crippen molar-refractivity contribution in [1.29, 1.82) is 0 Å². The number of nitrogens with one attached hydrogen (secondary N) is 2. The van der Waals surface area contributed by atoms with Crippen LogP contribution >= 0.6 is 0 Å². The molecule has 2 aromatic carbocycles. The summed E-state index contributed by atoms with van der Waals surface area (Å²) in [6.07, 6.45) is 1.40. The third-order valence-corrected chi connectivity index (χ3v) is 5.85. The summed E-state index contributed by atoms with van der Waals surface area (Å²) in [4.78, 5) is 31.8. The Hall–Kier alpha value is -2.99. The Bertz CT molecular complexity index is 943. The highest BCUT2D eigenvalue weighted by atomic mass is 16.2. The van der Waals surface area contributed by atoms with Gasteiger partial charge in [0.15, 0.2) is 0 Å². The lowest BCUT2D eigenvalue weighted by Gasteiger charge is -2.36. The van der Waals surface area contributed by atoms with Crippen molar-refractivity contribution in [3.05, 3.63) is 65.7 Å². The van der Waals surface area contributed by atoms with Crippen molar-refractivity contribution in [2.45, 2.75) is 38.3 Å². The number of hydrogen-bond donors (Lipinski definition) is 2. The Morgan fingerprint density at radius 2 is 1.77 bits per heavy atom. The average Bonchev–Trinajstić information content (AvgIpc) is 3.07. The predicted octanol–water partition coefficient (Wildman–Crippen LogP) is 3.16. The summed E-state index contributed by atoms with van der Waals surface area (Å²) in [5, 5.41) is 6.05. The molecule has 0 bridgehead atoms. The highest BCUT2D eigenvalue weighted by Crippen LogP contribution is 2.28. The number of anilines is 1. The van der Waals surface area contributed by atoms with Gasteiger partial charge in [0.25, 0.3) is 5.91 Å². The van der Waals surface area contributed by atoms with E-state index in [4.69, 9.17) is 4.99 Å². The number of likely N-dealkylation sites (tertiary alicyclic amines) is 1. The van der Waals surface area contributed by atoms with Crippen LogP contribution < -0.4 is 10.6 Å². The summed E-state index contributed by atoms with van der Waals surface area (Å²) in [7, 11) is 0. The maximum absolute atomic E-state index is 12.5. The second-order valence-electron chi connectivity index (χ2n) is 8.41. The fourth-order valence-electron chi connectivity index (χ4n) is 4.03. The van der Waals surface area contributed by atoms with Gasteiger partial charge in [-0.25, -0.2) is 0 Å². The summed E-state index contributed by atoms with van der Waals surface area (Å²) < 4.78 is 0. The van der Waals surface area contributed by atoms with Crippen molar-refractivity contribution < 1.29 is 9.59 Å². The molecule has 1 fully saturated rings. The summed E-state index contributed by atoms with van der Waals surface area (Å²) in [6, 6.07) is 17.6. The largest absolute Gasteiger partial charge is 0.326 e. The molecule has 1 spiro atoms. The zero-order chi connectivity index (χ0) is 21.1.